The van der Waals surface area contributed by atoms with E-state index in [0.717, 1.165) is 50.5 Å². The van der Waals surface area contributed by atoms with Crippen molar-refractivity contribution in [2.75, 3.05) is 0 Å². The maximum atomic E-state index is 12.7. The highest BCUT2D eigenvalue weighted by molar-refractivity contribution is 6.18. The first kappa shape index (κ1) is 18.4. The van der Waals surface area contributed by atoms with E-state index in [2.05, 4.69) is 18.3 Å². The van der Waals surface area contributed by atoms with Gasteiger partial charge in [0.15, 0.2) is 0 Å². The first-order chi connectivity index (χ1) is 12.2. The maximum absolute atomic E-state index is 12.7. The summed E-state index contributed by atoms with van der Waals surface area (Å²) >= 11 is 0. The van der Waals surface area contributed by atoms with Crippen LogP contribution in [0, 0.1) is 5.41 Å². The van der Waals surface area contributed by atoms with E-state index in [0.29, 0.717) is 0 Å². The third kappa shape index (κ3) is 3.75. The standard InChI is InChI=1S/C22H33NO2/c1-2-3-4-5-6-10-15-22-16-11-14-18(17-12-8-7-9-13-17)19(22)20(24)23-21(22)25/h12H,2-11,13-16H2,1H3,(H,23,24,25). The number of nitrogens with one attached hydrogen (secondary N) is 1. The summed E-state index contributed by atoms with van der Waals surface area (Å²) in [5.41, 5.74) is 2.91. The van der Waals surface area contributed by atoms with Gasteiger partial charge in [0.1, 0.15) is 0 Å². The molecule has 2 aliphatic carbocycles. The van der Waals surface area contributed by atoms with Crippen molar-refractivity contribution < 1.29 is 9.59 Å². The molecule has 0 spiro atoms. The lowest BCUT2D eigenvalue weighted by Crippen LogP contribution is -2.34. The number of allylic oxidation sites excluding steroid dienone is 3. The topological polar surface area (TPSA) is 46.2 Å². The van der Waals surface area contributed by atoms with Gasteiger partial charge in [-0.1, -0.05) is 51.5 Å². The largest absolute Gasteiger partial charge is 0.292 e. The first-order valence-electron chi connectivity index (χ1n) is 10.5. The first-order valence-corrected chi connectivity index (χ1v) is 10.5. The van der Waals surface area contributed by atoms with Crippen LogP contribution in [-0.2, 0) is 9.59 Å². The molecule has 0 saturated carbocycles. The molecule has 0 bridgehead atoms. The zero-order valence-corrected chi connectivity index (χ0v) is 15.8. The van der Waals surface area contributed by atoms with Crippen molar-refractivity contribution in [3.63, 3.8) is 0 Å². The number of unbranched alkanes of at least 4 members (excludes halogenated alkanes) is 5. The molecule has 3 nitrogen and oxygen atoms in total. The minimum absolute atomic E-state index is 0.0188. The Morgan fingerprint density at radius 2 is 1.80 bits per heavy atom. The van der Waals surface area contributed by atoms with E-state index in [-0.39, 0.29) is 11.8 Å². The van der Waals surface area contributed by atoms with Crippen LogP contribution in [0.15, 0.2) is 22.8 Å². The van der Waals surface area contributed by atoms with E-state index in [1.165, 1.54) is 56.1 Å². The van der Waals surface area contributed by atoms with Crippen molar-refractivity contribution in [3.05, 3.63) is 22.8 Å². The minimum Gasteiger partial charge on any atom is -0.292 e. The maximum Gasteiger partial charge on any atom is 0.255 e. The molecule has 3 heteroatoms. The molecule has 3 rings (SSSR count). The number of carbonyl (C=O) groups excluding carboxylic acids is 2. The quantitative estimate of drug-likeness (QED) is 0.476. The van der Waals surface area contributed by atoms with Crippen molar-refractivity contribution >= 4 is 11.8 Å². The Labute approximate surface area is 152 Å². The van der Waals surface area contributed by atoms with Crippen molar-refractivity contribution in [2.24, 2.45) is 5.41 Å². The third-order valence-electron chi connectivity index (χ3n) is 6.34. The average Bonchev–Trinajstić information content (AvgIpc) is 2.89. The van der Waals surface area contributed by atoms with Gasteiger partial charge in [-0.15, -0.1) is 0 Å². The molecule has 0 aromatic carbocycles. The second-order valence-electron chi connectivity index (χ2n) is 8.07. The summed E-state index contributed by atoms with van der Waals surface area (Å²) in [7, 11) is 0. The second kappa shape index (κ2) is 8.33. The van der Waals surface area contributed by atoms with Crippen LogP contribution in [0.25, 0.3) is 0 Å². The van der Waals surface area contributed by atoms with Crippen molar-refractivity contribution in [1.29, 1.82) is 0 Å². The minimum atomic E-state index is -0.520. The summed E-state index contributed by atoms with van der Waals surface area (Å²) in [6, 6.07) is 0. The zero-order chi connectivity index (χ0) is 17.7. The smallest absolute Gasteiger partial charge is 0.255 e. The molecule has 1 aliphatic heterocycles. The van der Waals surface area contributed by atoms with Gasteiger partial charge in [-0.3, -0.25) is 14.9 Å². The van der Waals surface area contributed by atoms with Gasteiger partial charge in [-0.05, 0) is 62.5 Å². The van der Waals surface area contributed by atoms with Crippen LogP contribution in [-0.4, -0.2) is 11.8 Å². The molecule has 0 aromatic heterocycles. The molecule has 1 saturated heterocycles. The van der Waals surface area contributed by atoms with E-state index in [1.54, 1.807) is 0 Å². The van der Waals surface area contributed by atoms with Gasteiger partial charge in [0.05, 0.1) is 5.41 Å². The second-order valence-corrected chi connectivity index (χ2v) is 8.07. The lowest BCUT2D eigenvalue weighted by molar-refractivity contribution is -0.129. The monoisotopic (exact) mass is 343 g/mol. The fourth-order valence-electron chi connectivity index (χ4n) is 4.98. The van der Waals surface area contributed by atoms with E-state index in [1.807, 2.05) is 0 Å². The molecule has 1 unspecified atom stereocenters. The number of rotatable bonds is 8. The van der Waals surface area contributed by atoms with Crippen LogP contribution in [0.4, 0.5) is 0 Å². The van der Waals surface area contributed by atoms with Crippen molar-refractivity contribution in [1.82, 2.24) is 5.32 Å². The fourth-order valence-corrected chi connectivity index (χ4v) is 4.98. The zero-order valence-electron chi connectivity index (χ0n) is 15.8. The van der Waals surface area contributed by atoms with Gasteiger partial charge in [-0.25, -0.2) is 0 Å². The van der Waals surface area contributed by atoms with E-state index in [9.17, 15) is 9.59 Å². The molecule has 25 heavy (non-hydrogen) atoms. The number of fused-ring (bicyclic) bond motifs is 1. The van der Waals surface area contributed by atoms with Crippen LogP contribution in [0.3, 0.4) is 0 Å². The van der Waals surface area contributed by atoms with Crippen LogP contribution in [0.5, 0.6) is 0 Å². The summed E-state index contributed by atoms with van der Waals surface area (Å²) in [6.07, 6.45) is 18.0. The molecule has 1 N–H and O–H groups in total. The van der Waals surface area contributed by atoms with Crippen molar-refractivity contribution in [3.8, 4) is 0 Å². The van der Waals surface area contributed by atoms with Crippen LogP contribution in [0.2, 0.25) is 0 Å². The summed E-state index contributed by atoms with van der Waals surface area (Å²) in [5, 5.41) is 2.67. The van der Waals surface area contributed by atoms with Gasteiger partial charge >= 0.3 is 0 Å². The molecule has 1 heterocycles. The summed E-state index contributed by atoms with van der Waals surface area (Å²) < 4.78 is 0. The summed E-state index contributed by atoms with van der Waals surface area (Å²) in [4.78, 5) is 25.4. The predicted octanol–water partition coefficient (Wildman–Crippen LogP) is 5.36. The lowest BCUT2D eigenvalue weighted by Gasteiger charge is -2.34. The summed E-state index contributed by atoms with van der Waals surface area (Å²) in [5.74, 6) is -0.119. The van der Waals surface area contributed by atoms with E-state index >= 15 is 0 Å². The van der Waals surface area contributed by atoms with Crippen LogP contribution in [0.1, 0.15) is 96.8 Å². The highest BCUT2D eigenvalue weighted by atomic mass is 16.2. The highest BCUT2D eigenvalue weighted by Gasteiger charge is 2.53. The Morgan fingerprint density at radius 1 is 1.00 bits per heavy atom. The molecular weight excluding hydrogens is 310 g/mol. The number of hydrogen-bond acceptors (Lipinski definition) is 2. The SMILES string of the molecule is CCCCCCCCC12CCCC(C3=CCCCC3)=C1C(=O)NC2=O. The Morgan fingerprint density at radius 3 is 2.56 bits per heavy atom. The van der Waals surface area contributed by atoms with Gasteiger partial charge in [0.25, 0.3) is 5.91 Å². The molecule has 3 aliphatic rings. The van der Waals surface area contributed by atoms with E-state index in [4.69, 9.17) is 0 Å². The molecule has 2 amide bonds. The van der Waals surface area contributed by atoms with Gasteiger partial charge in [0.2, 0.25) is 5.91 Å². The van der Waals surface area contributed by atoms with Crippen LogP contribution < -0.4 is 5.32 Å². The Bertz CT molecular complexity index is 587. The van der Waals surface area contributed by atoms with Crippen molar-refractivity contribution in [2.45, 2.75) is 96.8 Å². The average molecular weight is 344 g/mol. The summed E-state index contributed by atoms with van der Waals surface area (Å²) in [6.45, 7) is 2.23. The Balaban J connectivity index is 1.78. The number of amides is 2. The third-order valence-corrected chi connectivity index (χ3v) is 6.34. The van der Waals surface area contributed by atoms with Gasteiger partial charge in [0, 0.05) is 5.57 Å². The van der Waals surface area contributed by atoms with Crippen LogP contribution >= 0.6 is 0 Å². The molecule has 1 fully saturated rings. The number of hydrogen-bond donors (Lipinski definition) is 1. The molecule has 0 radical (unpaired) electrons. The molecule has 0 aromatic rings. The molecule has 138 valence electrons. The predicted molar refractivity (Wildman–Crippen MR) is 101 cm³/mol. The normalized spacial score (nSPS) is 26.5. The Kier molecular flexibility index (Phi) is 6.14. The highest BCUT2D eigenvalue weighted by Crippen LogP contribution is 2.50. The van der Waals surface area contributed by atoms with Gasteiger partial charge in [-0.2, -0.15) is 0 Å². The fraction of sp³-hybridized carbons (Fsp3) is 0.727. The Hall–Kier alpha value is -1.38. The number of imide groups is 1. The van der Waals surface area contributed by atoms with Gasteiger partial charge < -0.3 is 0 Å². The lowest BCUT2D eigenvalue weighted by atomic mass is 9.66. The number of carbonyl (C=O) groups is 2. The molecular formula is C22H33NO2. The van der Waals surface area contributed by atoms with E-state index < -0.39 is 5.41 Å². The molecule has 1 atom stereocenters.